The van der Waals surface area contributed by atoms with Crippen molar-refractivity contribution in [1.82, 2.24) is 5.43 Å². The van der Waals surface area contributed by atoms with Gasteiger partial charge >= 0.3 is 0 Å². The maximum atomic E-state index is 5.40. The molecule has 1 aliphatic carbocycles. The van der Waals surface area contributed by atoms with Gasteiger partial charge in [0.05, 0.1) is 5.71 Å². The summed E-state index contributed by atoms with van der Waals surface area (Å²) >= 11 is 4.77. The summed E-state index contributed by atoms with van der Waals surface area (Å²) in [5, 5.41) is 4.51. The third kappa shape index (κ3) is 3.67. The van der Waals surface area contributed by atoms with Gasteiger partial charge in [-0.1, -0.05) is 30.3 Å². The fourth-order valence-electron chi connectivity index (χ4n) is 2.07. The Balaban J connectivity index is 2.20. The summed E-state index contributed by atoms with van der Waals surface area (Å²) in [6.45, 7) is 0. The summed E-state index contributed by atoms with van der Waals surface area (Å²) in [5.74, 6) is 0. The van der Waals surface area contributed by atoms with Gasteiger partial charge in [0.15, 0.2) is 5.11 Å². The number of hydrazone groups is 1. The van der Waals surface area contributed by atoms with E-state index >= 15 is 0 Å². The van der Waals surface area contributed by atoms with Gasteiger partial charge in [0.25, 0.3) is 0 Å². The summed E-state index contributed by atoms with van der Waals surface area (Å²) in [6, 6.07) is 10.3. The van der Waals surface area contributed by atoms with Crippen LogP contribution in [0.1, 0.15) is 31.2 Å². The molecule has 1 aromatic rings. The molecule has 0 heterocycles. The first-order chi connectivity index (χ1) is 8.75. The molecule has 1 aromatic carbocycles. The zero-order chi connectivity index (χ0) is 12.8. The lowest BCUT2D eigenvalue weighted by Gasteiger charge is -2.17. The molecule has 2 rings (SSSR count). The van der Waals surface area contributed by atoms with E-state index in [-0.39, 0.29) is 5.11 Å². The quantitative estimate of drug-likeness (QED) is 0.634. The van der Waals surface area contributed by atoms with Crippen molar-refractivity contribution >= 4 is 29.1 Å². The van der Waals surface area contributed by atoms with Crippen LogP contribution in [-0.4, -0.2) is 10.8 Å². The molecular formula is C14H17N3S. The van der Waals surface area contributed by atoms with Crippen LogP contribution in [0.25, 0.3) is 6.08 Å². The van der Waals surface area contributed by atoms with E-state index in [0.29, 0.717) is 0 Å². The number of nitrogens with one attached hydrogen (secondary N) is 1. The lowest BCUT2D eigenvalue weighted by atomic mass is 9.91. The molecule has 1 saturated carbocycles. The van der Waals surface area contributed by atoms with E-state index in [1.54, 1.807) is 0 Å². The Bertz CT molecular complexity index is 477. The minimum absolute atomic E-state index is 0.215. The molecule has 0 amide bonds. The summed E-state index contributed by atoms with van der Waals surface area (Å²) in [7, 11) is 0. The molecule has 0 aliphatic heterocycles. The van der Waals surface area contributed by atoms with Crippen molar-refractivity contribution < 1.29 is 0 Å². The van der Waals surface area contributed by atoms with Crippen molar-refractivity contribution in [3.8, 4) is 0 Å². The van der Waals surface area contributed by atoms with Crippen LogP contribution in [0, 0.1) is 0 Å². The van der Waals surface area contributed by atoms with E-state index in [1.807, 2.05) is 18.2 Å². The molecule has 18 heavy (non-hydrogen) atoms. The van der Waals surface area contributed by atoms with Gasteiger partial charge in [-0.15, -0.1) is 0 Å². The lowest BCUT2D eigenvalue weighted by molar-refractivity contribution is 0.730. The van der Waals surface area contributed by atoms with Gasteiger partial charge in [-0.3, -0.25) is 5.43 Å². The van der Waals surface area contributed by atoms with Crippen molar-refractivity contribution in [2.75, 3.05) is 0 Å². The van der Waals surface area contributed by atoms with Crippen LogP contribution < -0.4 is 11.2 Å². The molecule has 1 fully saturated rings. The Morgan fingerprint density at radius 3 is 2.67 bits per heavy atom. The average molecular weight is 259 g/mol. The van der Waals surface area contributed by atoms with Crippen molar-refractivity contribution in [2.45, 2.75) is 25.7 Å². The number of thiocarbonyl (C=S) groups is 1. The fraction of sp³-hybridized carbons (Fsp3) is 0.286. The molecule has 0 radical (unpaired) electrons. The second-order valence-electron chi connectivity index (χ2n) is 4.32. The topological polar surface area (TPSA) is 50.4 Å². The standard InChI is InChI=1S/C14H17N3S/c15-14(18)17-16-13-9-5-4-8-12(13)10-11-6-2-1-3-7-11/h1-3,6-7,10H,4-5,8-9H2,(H3,15,17,18)/b12-10-,16-13-. The average Bonchev–Trinajstić information content (AvgIpc) is 2.39. The molecule has 3 nitrogen and oxygen atoms in total. The largest absolute Gasteiger partial charge is 0.375 e. The molecule has 0 saturated heterocycles. The van der Waals surface area contributed by atoms with Crippen molar-refractivity contribution in [3.63, 3.8) is 0 Å². The molecule has 0 spiro atoms. The molecule has 4 heteroatoms. The molecule has 0 atom stereocenters. The van der Waals surface area contributed by atoms with Gasteiger partial charge in [-0.2, -0.15) is 5.10 Å². The minimum Gasteiger partial charge on any atom is -0.375 e. The molecule has 1 aliphatic rings. The highest BCUT2D eigenvalue weighted by Crippen LogP contribution is 2.23. The minimum atomic E-state index is 0.215. The van der Waals surface area contributed by atoms with E-state index in [2.05, 4.69) is 28.7 Å². The van der Waals surface area contributed by atoms with Crippen LogP contribution in [0.4, 0.5) is 0 Å². The van der Waals surface area contributed by atoms with E-state index in [0.717, 1.165) is 18.6 Å². The zero-order valence-corrected chi connectivity index (χ0v) is 11.0. The highest BCUT2D eigenvalue weighted by Gasteiger charge is 2.13. The van der Waals surface area contributed by atoms with Crippen LogP contribution in [0.2, 0.25) is 0 Å². The van der Waals surface area contributed by atoms with E-state index in [1.165, 1.54) is 24.0 Å². The smallest absolute Gasteiger partial charge is 0.184 e. The summed E-state index contributed by atoms with van der Waals surface area (Å²) < 4.78 is 0. The van der Waals surface area contributed by atoms with Crippen LogP contribution in [0.3, 0.4) is 0 Å². The van der Waals surface area contributed by atoms with Crippen LogP contribution in [-0.2, 0) is 0 Å². The van der Waals surface area contributed by atoms with Gasteiger partial charge < -0.3 is 5.73 Å². The number of rotatable bonds is 2. The number of allylic oxidation sites excluding steroid dienone is 1. The highest BCUT2D eigenvalue weighted by atomic mass is 32.1. The van der Waals surface area contributed by atoms with E-state index < -0.39 is 0 Å². The molecule has 3 N–H and O–H groups in total. The van der Waals surface area contributed by atoms with Crippen LogP contribution in [0.5, 0.6) is 0 Å². The normalized spacial score (nSPS) is 20.0. The number of hydrogen-bond donors (Lipinski definition) is 2. The summed E-state index contributed by atoms with van der Waals surface area (Å²) in [6.07, 6.45) is 6.62. The maximum absolute atomic E-state index is 5.40. The lowest BCUT2D eigenvalue weighted by Crippen LogP contribution is -2.26. The highest BCUT2D eigenvalue weighted by molar-refractivity contribution is 7.80. The number of nitrogens with zero attached hydrogens (tertiary/aromatic N) is 1. The van der Waals surface area contributed by atoms with Crippen molar-refractivity contribution in [2.24, 2.45) is 10.8 Å². The second kappa shape index (κ2) is 6.31. The Morgan fingerprint density at radius 2 is 1.94 bits per heavy atom. The first kappa shape index (κ1) is 12.8. The van der Waals surface area contributed by atoms with Crippen LogP contribution >= 0.6 is 12.2 Å². The van der Waals surface area contributed by atoms with Crippen molar-refractivity contribution in [3.05, 3.63) is 41.5 Å². The van der Waals surface area contributed by atoms with Gasteiger partial charge in [-0.25, -0.2) is 0 Å². The maximum Gasteiger partial charge on any atom is 0.184 e. The monoisotopic (exact) mass is 259 g/mol. The summed E-state index contributed by atoms with van der Waals surface area (Å²) in [4.78, 5) is 0. The predicted octanol–water partition coefficient (Wildman–Crippen LogP) is 2.83. The fourth-order valence-corrected chi connectivity index (χ4v) is 2.11. The molecule has 94 valence electrons. The predicted molar refractivity (Wildman–Crippen MR) is 80.2 cm³/mol. The molecule has 0 aromatic heterocycles. The van der Waals surface area contributed by atoms with Crippen LogP contribution in [0.15, 0.2) is 41.0 Å². The first-order valence-electron chi connectivity index (χ1n) is 6.14. The third-order valence-electron chi connectivity index (χ3n) is 2.92. The number of hydrogen-bond acceptors (Lipinski definition) is 2. The second-order valence-corrected chi connectivity index (χ2v) is 4.76. The SMILES string of the molecule is NC(=S)N/N=C1/CCCC/C1=C/c1ccccc1. The van der Waals surface area contributed by atoms with E-state index in [4.69, 9.17) is 18.0 Å². The molecule has 0 bridgehead atoms. The Kier molecular flexibility index (Phi) is 4.47. The van der Waals surface area contributed by atoms with Gasteiger partial charge in [-0.05, 0) is 55.1 Å². The van der Waals surface area contributed by atoms with Gasteiger partial charge in [0, 0.05) is 0 Å². The Labute approximate surface area is 113 Å². The van der Waals surface area contributed by atoms with Gasteiger partial charge in [0.2, 0.25) is 0 Å². The zero-order valence-electron chi connectivity index (χ0n) is 10.2. The summed E-state index contributed by atoms with van der Waals surface area (Å²) in [5.41, 5.74) is 11.6. The first-order valence-corrected chi connectivity index (χ1v) is 6.54. The van der Waals surface area contributed by atoms with Gasteiger partial charge in [0.1, 0.15) is 0 Å². The number of nitrogens with two attached hydrogens (primary N) is 1. The van der Waals surface area contributed by atoms with E-state index in [9.17, 15) is 0 Å². The Morgan fingerprint density at radius 1 is 1.22 bits per heavy atom. The number of benzene rings is 1. The third-order valence-corrected chi connectivity index (χ3v) is 3.01. The molecular weight excluding hydrogens is 242 g/mol. The molecule has 0 unspecified atom stereocenters. The van der Waals surface area contributed by atoms with Crippen molar-refractivity contribution in [1.29, 1.82) is 0 Å². The Hall–Kier alpha value is -1.68.